The second-order valence-corrected chi connectivity index (χ2v) is 10.8. The molecule has 2 atom stereocenters. The van der Waals surface area contributed by atoms with Gasteiger partial charge in [-0.2, -0.15) is 0 Å². The third-order valence-corrected chi connectivity index (χ3v) is 7.79. The number of hydrogen-bond acceptors (Lipinski definition) is 8. The third-order valence-electron chi connectivity index (χ3n) is 6.64. The maximum Gasteiger partial charge on any atom is 0.305 e. The molecule has 1 aromatic carbocycles. The van der Waals surface area contributed by atoms with Gasteiger partial charge in [0.1, 0.15) is 5.82 Å². The first kappa shape index (κ1) is 27.2. The number of Topliss-reactive ketones (excluding diaryl/α,β-unsaturated/α-hetero) is 1. The van der Waals surface area contributed by atoms with Gasteiger partial charge in [0.25, 0.3) is 0 Å². The van der Waals surface area contributed by atoms with E-state index < -0.39 is 6.04 Å². The summed E-state index contributed by atoms with van der Waals surface area (Å²) in [6.07, 6.45) is 6.81. The van der Waals surface area contributed by atoms with Gasteiger partial charge in [-0.3, -0.25) is 19.3 Å². The van der Waals surface area contributed by atoms with Crippen molar-refractivity contribution in [1.82, 2.24) is 19.9 Å². The van der Waals surface area contributed by atoms with E-state index in [-0.39, 0.29) is 40.3 Å². The zero-order valence-corrected chi connectivity index (χ0v) is 22.1. The molecule has 198 valence electrons. The standard InChI is InChI=1S/C27H33FN4O4S/c1-3-36-25(34)9-6-13-32-21(16-29-30-32)15-20-17-31(14-12-24(20)37-18(2)33)26(27(35)19-10-11-19)22-7-4-5-8-23(22)28/h4-5,7-8,15-16,19,24,26H,3,6,9-14,17H2,1-2H3/b20-15+. The lowest BCUT2D eigenvalue weighted by Gasteiger charge is -2.38. The molecule has 2 aromatic rings. The monoisotopic (exact) mass is 528 g/mol. The van der Waals surface area contributed by atoms with Crippen LogP contribution in [0.25, 0.3) is 6.08 Å². The molecule has 2 heterocycles. The van der Waals surface area contributed by atoms with Crippen LogP contribution in [0.2, 0.25) is 0 Å². The average molecular weight is 529 g/mol. The number of hydrogen-bond donors (Lipinski definition) is 0. The quantitative estimate of drug-likeness (QED) is 0.400. The van der Waals surface area contributed by atoms with E-state index in [1.54, 1.807) is 42.9 Å². The fourth-order valence-corrected chi connectivity index (χ4v) is 5.66. The molecule has 0 N–H and O–H groups in total. The van der Waals surface area contributed by atoms with Crippen LogP contribution in [0.4, 0.5) is 4.39 Å². The number of rotatable bonds is 11. The number of carbonyl (C=O) groups excluding carboxylic acids is 3. The van der Waals surface area contributed by atoms with Crippen molar-refractivity contribution in [3.8, 4) is 0 Å². The number of aromatic nitrogens is 3. The predicted octanol–water partition coefficient (Wildman–Crippen LogP) is 4.22. The molecule has 2 fully saturated rings. The highest BCUT2D eigenvalue weighted by Gasteiger charge is 2.41. The van der Waals surface area contributed by atoms with E-state index in [2.05, 4.69) is 10.3 Å². The summed E-state index contributed by atoms with van der Waals surface area (Å²) in [5.41, 5.74) is 2.12. The van der Waals surface area contributed by atoms with E-state index in [1.165, 1.54) is 17.8 Å². The largest absolute Gasteiger partial charge is 0.466 e. The molecule has 8 nitrogen and oxygen atoms in total. The maximum atomic E-state index is 14.9. The van der Waals surface area contributed by atoms with Crippen LogP contribution in [-0.2, 0) is 25.7 Å². The van der Waals surface area contributed by atoms with Crippen molar-refractivity contribution in [2.75, 3.05) is 19.7 Å². The van der Waals surface area contributed by atoms with Crippen molar-refractivity contribution >= 4 is 34.7 Å². The fourth-order valence-electron chi connectivity index (χ4n) is 4.74. The van der Waals surface area contributed by atoms with Gasteiger partial charge in [0.15, 0.2) is 10.9 Å². The lowest BCUT2D eigenvalue weighted by molar-refractivity contribution is -0.143. The predicted molar refractivity (Wildman–Crippen MR) is 139 cm³/mol. The molecule has 0 bridgehead atoms. The Balaban J connectivity index is 1.58. The van der Waals surface area contributed by atoms with Crippen molar-refractivity contribution in [3.63, 3.8) is 0 Å². The highest BCUT2D eigenvalue weighted by atomic mass is 32.2. The Labute approximate surface area is 220 Å². The van der Waals surface area contributed by atoms with Crippen LogP contribution in [0.1, 0.15) is 63.3 Å². The minimum Gasteiger partial charge on any atom is -0.466 e. The molecule has 4 rings (SSSR count). The molecule has 1 saturated carbocycles. The maximum absolute atomic E-state index is 14.9. The summed E-state index contributed by atoms with van der Waals surface area (Å²) in [6.45, 7) is 5.17. The summed E-state index contributed by atoms with van der Waals surface area (Å²) in [7, 11) is 0. The van der Waals surface area contributed by atoms with Gasteiger partial charge >= 0.3 is 5.97 Å². The molecular formula is C27H33FN4O4S. The molecule has 1 saturated heterocycles. The first-order chi connectivity index (χ1) is 17.9. The molecule has 1 aromatic heterocycles. The van der Waals surface area contributed by atoms with Crippen LogP contribution in [0.15, 0.2) is 36.0 Å². The minimum atomic E-state index is -0.659. The number of likely N-dealkylation sites (tertiary alicyclic amines) is 1. The molecule has 2 aliphatic rings. The van der Waals surface area contributed by atoms with Gasteiger partial charge in [0.2, 0.25) is 0 Å². The number of carbonyl (C=O) groups is 3. The normalized spacial score (nSPS) is 20.1. The Bertz CT molecular complexity index is 1160. The number of halogens is 1. The molecule has 0 amide bonds. The van der Waals surface area contributed by atoms with Gasteiger partial charge in [-0.25, -0.2) is 9.07 Å². The van der Waals surface area contributed by atoms with Crippen LogP contribution in [0.3, 0.4) is 0 Å². The lowest BCUT2D eigenvalue weighted by Crippen LogP contribution is -2.43. The number of nitrogens with zero attached hydrogens (tertiary/aromatic N) is 4. The second kappa shape index (κ2) is 12.6. The zero-order chi connectivity index (χ0) is 26.4. The molecule has 10 heteroatoms. The van der Waals surface area contributed by atoms with Gasteiger partial charge < -0.3 is 4.74 Å². The number of aryl methyl sites for hydroxylation is 1. The van der Waals surface area contributed by atoms with E-state index in [1.807, 2.05) is 11.0 Å². The molecule has 0 radical (unpaired) electrons. The molecule has 0 spiro atoms. The summed E-state index contributed by atoms with van der Waals surface area (Å²) in [5, 5.41) is 8.16. The number of piperidine rings is 1. The summed E-state index contributed by atoms with van der Waals surface area (Å²) >= 11 is 1.27. The highest BCUT2D eigenvalue weighted by molar-refractivity contribution is 8.14. The molecule has 37 heavy (non-hydrogen) atoms. The van der Waals surface area contributed by atoms with E-state index in [4.69, 9.17) is 4.74 Å². The highest BCUT2D eigenvalue weighted by Crippen LogP contribution is 2.40. The van der Waals surface area contributed by atoms with Gasteiger partial charge in [-0.1, -0.05) is 35.2 Å². The van der Waals surface area contributed by atoms with E-state index in [0.717, 1.165) is 24.1 Å². The number of thioether (sulfide) groups is 1. The molecule has 1 aliphatic carbocycles. The van der Waals surface area contributed by atoms with Gasteiger partial charge in [-0.05, 0) is 50.3 Å². The third kappa shape index (κ3) is 7.13. The Kier molecular flexibility index (Phi) is 9.26. The van der Waals surface area contributed by atoms with Crippen molar-refractivity contribution < 1.29 is 23.5 Å². The van der Waals surface area contributed by atoms with E-state index >= 15 is 0 Å². The molecular weight excluding hydrogens is 495 g/mol. The molecule has 2 unspecified atom stereocenters. The number of ether oxygens (including phenoxy) is 1. The topological polar surface area (TPSA) is 94.4 Å². The van der Waals surface area contributed by atoms with Crippen molar-refractivity contribution in [2.45, 2.75) is 63.8 Å². The van der Waals surface area contributed by atoms with Crippen molar-refractivity contribution in [3.05, 3.63) is 53.1 Å². The van der Waals surface area contributed by atoms with Crippen LogP contribution in [0, 0.1) is 11.7 Å². The molecule has 1 aliphatic heterocycles. The number of esters is 1. The van der Waals surface area contributed by atoms with Crippen LogP contribution in [-0.4, -0.2) is 61.7 Å². The van der Waals surface area contributed by atoms with E-state index in [9.17, 15) is 18.8 Å². The number of benzene rings is 1. The van der Waals surface area contributed by atoms with E-state index in [0.29, 0.717) is 44.6 Å². The van der Waals surface area contributed by atoms with Crippen LogP contribution >= 0.6 is 11.8 Å². The first-order valence-electron chi connectivity index (χ1n) is 12.8. The lowest BCUT2D eigenvalue weighted by atomic mass is 9.93. The summed E-state index contributed by atoms with van der Waals surface area (Å²) < 4.78 is 21.6. The fraction of sp³-hybridized carbons (Fsp3) is 0.519. The van der Waals surface area contributed by atoms with Crippen LogP contribution < -0.4 is 0 Å². The second-order valence-electron chi connectivity index (χ2n) is 9.47. The zero-order valence-electron chi connectivity index (χ0n) is 21.3. The van der Waals surface area contributed by atoms with Gasteiger partial charge in [0.05, 0.1) is 24.5 Å². The smallest absolute Gasteiger partial charge is 0.305 e. The summed E-state index contributed by atoms with van der Waals surface area (Å²) in [4.78, 5) is 39.1. The Morgan fingerprint density at radius 3 is 2.73 bits per heavy atom. The Morgan fingerprint density at radius 1 is 1.24 bits per heavy atom. The minimum absolute atomic E-state index is 0.0186. The summed E-state index contributed by atoms with van der Waals surface area (Å²) in [5.74, 6) is -0.585. The number of ketones is 1. The summed E-state index contributed by atoms with van der Waals surface area (Å²) in [6, 6.07) is 5.84. The Hall–Kier alpha value is -2.85. The van der Waals surface area contributed by atoms with Gasteiger partial charge in [-0.15, -0.1) is 5.10 Å². The van der Waals surface area contributed by atoms with Gasteiger partial charge in [0, 0.05) is 49.7 Å². The SMILES string of the molecule is CCOC(=O)CCCn1nncc1/C=C1\CN(C(C(=O)C2CC2)c2ccccc2F)CCC1SC(C)=O. The van der Waals surface area contributed by atoms with Crippen LogP contribution in [0.5, 0.6) is 0 Å². The van der Waals surface area contributed by atoms with Crippen molar-refractivity contribution in [1.29, 1.82) is 0 Å². The van der Waals surface area contributed by atoms with Crippen molar-refractivity contribution in [2.24, 2.45) is 5.92 Å². The average Bonchev–Trinajstić information content (AvgIpc) is 3.63. The first-order valence-corrected chi connectivity index (χ1v) is 13.7. The Morgan fingerprint density at radius 2 is 2.03 bits per heavy atom.